The summed E-state index contributed by atoms with van der Waals surface area (Å²) in [5.74, 6) is 2.32. The number of aryl methyl sites for hydroxylation is 2. The lowest BCUT2D eigenvalue weighted by Crippen LogP contribution is -2.34. The highest BCUT2D eigenvalue weighted by Crippen LogP contribution is 2.34. The molecule has 0 amide bonds. The number of halogens is 2. The van der Waals surface area contributed by atoms with Crippen molar-refractivity contribution < 1.29 is 8.94 Å². The molecular formula is C18H18Cl2N4O2. The molecule has 0 atom stereocenters. The molecular weight excluding hydrogens is 375 g/mol. The third-order valence-corrected chi connectivity index (χ3v) is 5.26. The molecule has 0 bridgehead atoms. The molecule has 2 heterocycles. The maximum Gasteiger partial charge on any atom is 0.227 e. The Morgan fingerprint density at radius 3 is 2.65 bits per heavy atom. The average Bonchev–Trinajstić information content (AvgIpc) is 3.34. The fraction of sp³-hybridized carbons (Fsp3) is 0.389. The van der Waals surface area contributed by atoms with Gasteiger partial charge in [0.2, 0.25) is 5.89 Å². The van der Waals surface area contributed by atoms with Crippen LogP contribution in [0.15, 0.2) is 33.3 Å². The summed E-state index contributed by atoms with van der Waals surface area (Å²) in [5, 5.41) is 5.16. The van der Waals surface area contributed by atoms with Gasteiger partial charge in [0.15, 0.2) is 17.5 Å². The highest BCUT2D eigenvalue weighted by atomic mass is 35.5. The van der Waals surface area contributed by atoms with Gasteiger partial charge < -0.3 is 14.7 Å². The standard InChI is InChI=1S/C18H18Cl2N4O2/c19-11-3-4-12(13(20)9-11)14-10-22-15(25-14)5-6-16-23-17(24-26-16)18(21)7-1-2-8-18/h3-4,9-10H,1-2,5-8,21H2. The molecule has 26 heavy (non-hydrogen) atoms. The van der Waals surface area contributed by atoms with E-state index in [0.29, 0.717) is 46.3 Å². The lowest BCUT2D eigenvalue weighted by Gasteiger charge is -2.17. The van der Waals surface area contributed by atoms with Crippen molar-refractivity contribution in [1.82, 2.24) is 15.1 Å². The maximum absolute atomic E-state index is 6.36. The molecule has 1 aliphatic carbocycles. The second-order valence-electron chi connectivity index (χ2n) is 6.62. The highest BCUT2D eigenvalue weighted by molar-refractivity contribution is 6.36. The van der Waals surface area contributed by atoms with Crippen molar-refractivity contribution in [3.8, 4) is 11.3 Å². The first-order valence-electron chi connectivity index (χ1n) is 8.56. The van der Waals surface area contributed by atoms with Crippen molar-refractivity contribution in [3.05, 3.63) is 52.0 Å². The van der Waals surface area contributed by atoms with Gasteiger partial charge in [0, 0.05) is 23.4 Å². The predicted octanol–water partition coefficient (Wildman–Crippen LogP) is 4.54. The fourth-order valence-corrected chi connectivity index (χ4v) is 3.74. The molecule has 1 saturated carbocycles. The second kappa shape index (κ2) is 7.02. The molecule has 8 heteroatoms. The third kappa shape index (κ3) is 3.49. The zero-order valence-corrected chi connectivity index (χ0v) is 15.6. The van der Waals surface area contributed by atoms with E-state index in [1.807, 2.05) is 6.07 Å². The third-order valence-electron chi connectivity index (χ3n) is 4.71. The number of rotatable bonds is 5. The largest absolute Gasteiger partial charge is 0.441 e. The van der Waals surface area contributed by atoms with Crippen LogP contribution in [0.4, 0.5) is 0 Å². The van der Waals surface area contributed by atoms with Gasteiger partial charge in [0.1, 0.15) is 0 Å². The summed E-state index contributed by atoms with van der Waals surface area (Å²) in [6, 6.07) is 5.24. The lowest BCUT2D eigenvalue weighted by atomic mass is 9.99. The van der Waals surface area contributed by atoms with Crippen LogP contribution in [-0.2, 0) is 18.4 Å². The van der Waals surface area contributed by atoms with Crippen LogP contribution in [0.3, 0.4) is 0 Å². The van der Waals surface area contributed by atoms with Gasteiger partial charge in [-0.15, -0.1) is 0 Å². The normalized spacial score (nSPS) is 16.3. The molecule has 136 valence electrons. The zero-order valence-electron chi connectivity index (χ0n) is 14.0. The second-order valence-corrected chi connectivity index (χ2v) is 7.46. The molecule has 2 N–H and O–H groups in total. The van der Waals surface area contributed by atoms with Crippen molar-refractivity contribution in [2.75, 3.05) is 0 Å². The van der Waals surface area contributed by atoms with Crippen molar-refractivity contribution in [2.45, 2.75) is 44.1 Å². The van der Waals surface area contributed by atoms with E-state index in [1.165, 1.54) is 0 Å². The summed E-state index contributed by atoms with van der Waals surface area (Å²) in [7, 11) is 0. The van der Waals surface area contributed by atoms with Gasteiger partial charge in [-0.25, -0.2) is 4.98 Å². The molecule has 3 aromatic rings. The van der Waals surface area contributed by atoms with Crippen molar-refractivity contribution in [2.24, 2.45) is 5.73 Å². The summed E-state index contributed by atoms with van der Waals surface area (Å²) in [6.45, 7) is 0. The van der Waals surface area contributed by atoms with Gasteiger partial charge in [-0.2, -0.15) is 4.98 Å². The quantitative estimate of drug-likeness (QED) is 0.684. The van der Waals surface area contributed by atoms with Crippen LogP contribution >= 0.6 is 23.2 Å². The van der Waals surface area contributed by atoms with E-state index >= 15 is 0 Å². The summed E-state index contributed by atoms with van der Waals surface area (Å²) < 4.78 is 11.1. The summed E-state index contributed by atoms with van der Waals surface area (Å²) >= 11 is 12.1. The van der Waals surface area contributed by atoms with Gasteiger partial charge >= 0.3 is 0 Å². The summed E-state index contributed by atoms with van der Waals surface area (Å²) in [6.07, 6.45) is 6.74. The molecule has 0 unspecified atom stereocenters. The molecule has 1 aliphatic rings. The Labute approximate surface area is 160 Å². The summed E-state index contributed by atoms with van der Waals surface area (Å²) in [4.78, 5) is 8.76. The molecule has 1 fully saturated rings. The van der Waals surface area contributed by atoms with Gasteiger partial charge in [0.25, 0.3) is 0 Å². The van der Waals surface area contributed by atoms with E-state index in [4.69, 9.17) is 37.9 Å². The molecule has 0 saturated heterocycles. The van der Waals surface area contributed by atoms with Gasteiger partial charge in [-0.05, 0) is 31.0 Å². The van der Waals surface area contributed by atoms with Crippen LogP contribution in [0.25, 0.3) is 11.3 Å². The predicted molar refractivity (Wildman–Crippen MR) is 98.0 cm³/mol. The Hall–Kier alpha value is -1.89. The molecule has 6 nitrogen and oxygen atoms in total. The van der Waals surface area contributed by atoms with E-state index < -0.39 is 5.54 Å². The number of hydrogen-bond acceptors (Lipinski definition) is 6. The Balaban J connectivity index is 1.43. The number of oxazole rings is 1. The Kier molecular flexibility index (Phi) is 4.73. The minimum atomic E-state index is -0.441. The van der Waals surface area contributed by atoms with Gasteiger partial charge in [-0.3, -0.25) is 0 Å². The Bertz CT molecular complexity index is 916. The number of nitrogens with two attached hydrogens (primary N) is 1. The number of hydrogen-bond donors (Lipinski definition) is 1. The van der Waals surface area contributed by atoms with Crippen molar-refractivity contribution in [1.29, 1.82) is 0 Å². The van der Waals surface area contributed by atoms with E-state index in [1.54, 1.807) is 18.3 Å². The van der Waals surface area contributed by atoms with Crippen LogP contribution in [-0.4, -0.2) is 15.1 Å². The molecule has 1 aromatic carbocycles. The molecule has 0 aliphatic heterocycles. The maximum atomic E-state index is 6.36. The average molecular weight is 393 g/mol. The van der Waals surface area contributed by atoms with E-state index in [9.17, 15) is 0 Å². The molecule has 2 aromatic heterocycles. The van der Waals surface area contributed by atoms with Crippen LogP contribution < -0.4 is 5.73 Å². The first-order valence-corrected chi connectivity index (χ1v) is 9.31. The first-order chi connectivity index (χ1) is 12.5. The van der Waals surface area contributed by atoms with E-state index in [0.717, 1.165) is 31.2 Å². The lowest BCUT2D eigenvalue weighted by molar-refractivity contribution is 0.346. The number of benzene rings is 1. The van der Waals surface area contributed by atoms with Crippen LogP contribution in [0.1, 0.15) is 43.3 Å². The molecule has 0 radical (unpaired) electrons. The number of nitrogens with zero attached hydrogens (tertiary/aromatic N) is 3. The van der Waals surface area contributed by atoms with Crippen LogP contribution in [0, 0.1) is 0 Å². The van der Waals surface area contributed by atoms with Gasteiger partial charge in [-0.1, -0.05) is 41.2 Å². The minimum absolute atomic E-state index is 0.441. The Morgan fingerprint density at radius 1 is 1.12 bits per heavy atom. The first kappa shape index (κ1) is 17.5. The summed E-state index contributed by atoms with van der Waals surface area (Å²) in [5.41, 5.74) is 6.67. The van der Waals surface area contributed by atoms with Crippen molar-refractivity contribution in [3.63, 3.8) is 0 Å². The van der Waals surface area contributed by atoms with E-state index in [2.05, 4.69) is 15.1 Å². The SMILES string of the molecule is NC1(c2noc(CCc3ncc(-c4ccc(Cl)cc4Cl)o3)n2)CCCC1. The fourth-order valence-electron chi connectivity index (χ4n) is 3.24. The molecule has 0 spiro atoms. The zero-order chi connectivity index (χ0) is 18.1. The number of aromatic nitrogens is 3. The minimum Gasteiger partial charge on any atom is -0.441 e. The van der Waals surface area contributed by atoms with Crippen molar-refractivity contribution >= 4 is 23.2 Å². The highest BCUT2D eigenvalue weighted by Gasteiger charge is 2.35. The van der Waals surface area contributed by atoms with E-state index in [-0.39, 0.29) is 0 Å². The topological polar surface area (TPSA) is 91.0 Å². The van der Waals surface area contributed by atoms with Gasteiger partial charge in [0.05, 0.1) is 16.8 Å². The van der Waals surface area contributed by atoms with Crippen LogP contribution in [0.5, 0.6) is 0 Å². The van der Waals surface area contributed by atoms with Crippen LogP contribution in [0.2, 0.25) is 10.0 Å². The monoisotopic (exact) mass is 392 g/mol. The molecule has 4 rings (SSSR count). The smallest absolute Gasteiger partial charge is 0.227 e. The Morgan fingerprint density at radius 2 is 1.88 bits per heavy atom.